The van der Waals surface area contributed by atoms with Gasteiger partial charge in [0.15, 0.2) is 5.69 Å². The van der Waals surface area contributed by atoms with Crippen molar-refractivity contribution < 1.29 is 9.53 Å². The molecular weight excluding hydrogens is 332 g/mol. The Labute approximate surface area is 150 Å². The van der Waals surface area contributed by atoms with Gasteiger partial charge in [-0.15, -0.1) is 0 Å². The van der Waals surface area contributed by atoms with Gasteiger partial charge in [-0.3, -0.25) is 9.59 Å². The number of methoxy groups -OCH3 is 1. The number of hydrogen-bond donors (Lipinski definition) is 1. The van der Waals surface area contributed by atoms with Crippen molar-refractivity contribution >= 4 is 5.91 Å². The molecule has 3 aromatic rings. The average molecular weight is 350 g/mol. The number of carbonyl (C=O) groups excluding carboxylic acids is 1. The second-order valence-electron chi connectivity index (χ2n) is 5.64. The molecule has 0 aliphatic heterocycles. The summed E-state index contributed by atoms with van der Waals surface area (Å²) in [5, 5.41) is 6.93. The zero-order valence-corrected chi connectivity index (χ0v) is 14.5. The number of nitrogens with zero attached hydrogens (tertiary/aromatic N) is 3. The number of benzene rings is 1. The van der Waals surface area contributed by atoms with Crippen LogP contribution in [-0.2, 0) is 6.54 Å². The Morgan fingerprint density at radius 1 is 1.19 bits per heavy atom. The number of nitrogens with one attached hydrogen (secondary N) is 1. The van der Waals surface area contributed by atoms with Gasteiger partial charge in [-0.05, 0) is 24.6 Å². The third-order valence-electron chi connectivity index (χ3n) is 3.78. The van der Waals surface area contributed by atoms with Crippen molar-refractivity contribution in [1.82, 2.24) is 20.1 Å². The normalized spacial score (nSPS) is 10.4. The van der Waals surface area contributed by atoms with E-state index >= 15 is 0 Å². The molecule has 0 unspecified atom stereocenters. The first kappa shape index (κ1) is 17.3. The topological polar surface area (TPSA) is 86.1 Å². The maximum Gasteiger partial charge on any atom is 0.276 e. The highest BCUT2D eigenvalue weighted by Crippen LogP contribution is 2.09. The molecule has 26 heavy (non-hydrogen) atoms. The van der Waals surface area contributed by atoms with E-state index in [2.05, 4.69) is 15.4 Å². The summed E-state index contributed by atoms with van der Waals surface area (Å²) in [6.45, 7) is 2.00. The summed E-state index contributed by atoms with van der Waals surface area (Å²) in [6.07, 6.45) is 1.60. The molecule has 1 aromatic carbocycles. The van der Waals surface area contributed by atoms with Gasteiger partial charge in [-0.1, -0.05) is 24.3 Å². The molecule has 3 rings (SSSR count). The lowest BCUT2D eigenvalue weighted by atomic mass is 10.2. The van der Waals surface area contributed by atoms with Gasteiger partial charge in [0.05, 0.1) is 12.8 Å². The van der Waals surface area contributed by atoms with E-state index < -0.39 is 11.3 Å². The first-order chi connectivity index (χ1) is 12.6. The zero-order valence-electron chi connectivity index (χ0n) is 14.5. The van der Waals surface area contributed by atoms with Gasteiger partial charge in [0.25, 0.3) is 5.91 Å². The van der Waals surface area contributed by atoms with E-state index in [-0.39, 0.29) is 12.2 Å². The van der Waals surface area contributed by atoms with E-state index in [9.17, 15) is 9.59 Å². The Balaban J connectivity index is 1.81. The predicted molar refractivity (Wildman–Crippen MR) is 96.5 cm³/mol. The molecule has 0 atom stereocenters. The van der Waals surface area contributed by atoms with Crippen LogP contribution in [-0.4, -0.2) is 27.8 Å². The van der Waals surface area contributed by atoms with Crippen molar-refractivity contribution in [2.45, 2.75) is 13.5 Å². The van der Waals surface area contributed by atoms with Crippen molar-refractivity contribution in [1.29, 1.82) is 0 Å². The van der Waals surface area contributed by atoms with Crippen LogP contribution >= 0.6 is 0 Å². The molecule has 0 spiro atoms. The highest BCUT2D eigenvalue weighted by Gasteiger charge is 2.15. The lowest BCUT2D eigenvalue weighted by Crippen LogP contribution is -2.31. The molecule has 2 aromatic heterocycles. The maximum absolute atomic E-state index is 12.4. The molecule has 0 radical (unpaired) electrons. The highest BCUT2D eigenvalue weighted by molar-refractivity contribution is 5.92. The molecule has 0 aliphatic rings. The number of amides is 1. The lowest BCUT2D eigenvalue weighted by molar-refractivity contribution is 0.0943. The Morgan fingerprint density at radius 3 is 2.62 bits per heavy atom. The summed E-state index contributed by atoms with van der Waals surface area (Å²) in [5.41, 5.74) is 1.64. The standard InChI is InChI=1S/C19H18N4O3/c1-13-10-16(24)18(22-23(13)15-6-4-3-5-7-15)19(25)21-12-14-8-9-17(26-2)20-11-14/h3-11H,12H2,1-2H3,(H,21,25). The van der Waals surface area contributed by atoms with Crippen molar-refractivity contribution in [3.8, 4) is 11.6 Å². The van der Waals surface area contributed by atoms with Gasteiger partial charge in [0.1, 0.15) is 0 Å². The van der Waals surface area contributed by atoms with Gasteiger partial charge in [0.2, 0.25) is 11.3 Å². The first-order valence-electron chi connectivity index (χ1n) is 8.02. The zero-order chi connectivity index (χ0) is 18.5. The molecule has 7 heteroatoms. The molecule has 0 aliphatic carbocycles. The molecule has 0 saturated heterocycles. The SMILES string of the molecule is COc1ccc(CNC(=O)c2nn(-c3ccccc3)c(C)cc2=O)cn1. The second kappa shape index (κ2) is 7.60. The summed E-state index contributed by atoms with van der Waals surface area (Å²) in [4.78, 5) is 28.7. The predicted octanol–water partition coefficient (Wildman–Crippen LogP) is 1.87. The quantitative estimate of drug-likeness (QED) is 0.759. The largest absolute Gasteiger partial charge is 0.481 e. The molecule has 0 fully saturated rings. The van der Waals surface area contributed by atoms with Crippen LogP contribution in [0.4, 0.5) is 0 Å². The number of pyridine rings is 1. The maximum atomic E-state index is 12.4. The van der Waals surface area contributed by atoms with Crippen molar-refractivity contribution in [3.05, 3.63) is 81.9 Å². The number of aryl methyl sites for hydroxylation is 1. The van der Waals surface area contributed by atoms with Gasteiger partial charge >= 0.3 is 0 Å². The van der Waals surface area contributed by atoms with E-state index in [0.717, 1.165) is 11.3 Å². The molecule has 132 valence electrons. The molecular formula is C19H18N4O3. The number of aromatic nitrogens is 3. The minimum Gasteiger partial charge on any atom is -0.481 e. The summed E-state index contributed by atoms with van der Waals surface area (Å²) in [7, 11) is 1.53. The fourth-order valence-corrected chi connectivity index (χ4v) is 2.44. The lowest BCUT2D eigenvalue weighted by Gasteiger charge is -2.11. The van der Waals surface area contributed by atoms with Gasteiger partial charge in [0, 0.05) is 30.6 Å². The summed E-state index contributed by atoms with van der Waals surface area (Å²) < 4.78 is 6.57. The van der Waals surface area contributed by atoms with Crippen LogP contribution in [0.2, 0.25) is 0 Å². The van der Waals surface area contributed by atoms with Crippen LogP contribution in [0.1, 0.15) is 21.7 Å². The Bertz CT molecular complexity index is 966. The number of rotatable bonds is 5. The molecule has 2 heterocycles. The average Bonchev–Trinajstić information content (AvgIpc) is 2.67. The number of carbonyl (C=O) groups is 1. The van der Waals surface area contributed by atoms with Gasteiger partial charge < -0.3 is 10.1 Å². The fraction of sp³-hybridized carbons (Fsp3) is 0.158. The van der Waals surface area contributed by atoms with E-state index in [1.54, 1.807) is 29.9 Å². The number of hydrogen-bond acceptors (Lipinski definition) is 5. The molecule has 1 N–H and O–H groups in total. The van der Waals surface area contributed by atoms with E-state index in [0.29, 0.717) is 11.6 Å². The molecule has 1 amide bonds. The second-order valence-corrected chi connectivity index (χ2v) is 5.64. The Kier molecular flexibility index (Phi) is 5.07. The highest BCUT2D eigenvalue weighted by atomic mass is 16.5. The monoisotopic (exact) mass is 350 g/mol. The van der Waals surface area contributed by atoms with Crippen LogP contribution < -0.4 is 15.5 Å². The molecule has 0 saturated carbocycles. The summed E-state index contributed by atoms with van der Waals surface area (Å²) in [5.74, 6) is -0.0403. The van der Waals surface area contributed by atoms with Crippen molar-refractivity contribution in [3.63, 3.8) is 0 Å². The number of ether oxygens (including phenoxy) is 1. The minimum absolute atomic E-state index is 0.152. The molecule has 7 nitrogen and oxygen atoms in total. The van der Waals surface area contributed by atoms with E-state index in [4.69, 9.17) is 4.74 Å². The van der Waals surface area contributed by atoms with Crippen LogP contribution in [0.3, 0.4) is 0 Å². The van der Waals surface area contributed by atoms with Crippen LogP contribution in [0.5, 0.6) is 5.88 Å². The van der Waals surface area contributed by atoms with Gasteiger partial charge in [-0.25, -0.2) is 9.67 Å². The summed E-state index contributed by atoms with van der Waals surface area (Å²) >= 11 is 0. The number of para-hydroxylation sites is 1. The Morgan fingerprint density at radius 2 is 1.96 bits per heavy atom. The summed E-state index contributed by atoms with van der Waals surface area (Å²) in [6, 6.07) is 14.2. The third-order valence-corrected chi connectivity index (χ3v) is 3.78. The third kappa shape index (κ3) is 3.77. The van der Waals surface area contributed by atoms with Crippen molar-refractivity contribution in [2.24, 2.45) is 0 Å². The smallest absolute Gasteiger partial charge is 0.276 e. The van der Waals surface area contributed by atoms with Crippen LogP contribution in [0.25, 0.3) is 5.69 Å². The van der Waals surface area contributed by atoms with Gasteiger partial charge in [-0.2, -0.15) is 5.10 Å². The fourth-order valence-electron chi connectivity index (χ4n) is 2.44. The first-order valence-corrected chi connectivity index (χ1v) is 8.02. The van der Waals surface area contributed by atoms with E-state index in [1.807, 2.05) is 30.3 Å². The Hall–Kier alpha value is -3.48. The van der Waals surface area contributed by atoms with E-state index in [1.165, 1.54) is 13.2 Å². The molecule has 0 bridgehead atoms. The minimum atomic E-state index is -0.532. The van der Waals surface area contributed by atoms with Crippen LogP contribution in [0.15, 0.2) is 59.5 Å². The van der Waals surface area contributed by atoms with Crippen LogP contribution in [0, 0.1) is 6.92 Å². The van der Waals surface area contributed by atoms with Crippen molar-refractivity contribution in [2.75, 3.05) is 7.11 Å².